The summed E-state index contributed by atoms with van der Waals surface area (Å²) >= 11 is 0. The SMILES string of the molecule is C[C@@H](NC(=O)C1=C(O)c2cccn2C2(CC2)C1=O)C(=O)O. The van der Waals surface area contributed by atoms with Crippen molar-refractivity contribution in [1.82, 2.24) is 9.88 Å². The van der Waals surface area contributed by atoms with Gasteiger partial charge in [0.05, 0.1) is 5.69 Å². The highest BCUT2D eigenvalue weighted by Crippen LogP contribution is 2.50. The third-order valence-electron chi connectivity index (χ3n) is 4.01. The third kappa shape index (κ3) is 1.77. The summed E-state index contributed by atoms with van der Waals surface area (Å²) in [6.07, 6.45) is 2.91. The Balaban J connectivity index is 2.02. The van der Waals surface area contributed by atoms with Crippen LogP contribution >= 0.6 is 0 Å². The van der Waals surface area contributed by atoms with Gasteiger partial charge >= 0.3 is 5.97 Å². The molecule has 0 saturated heterocycles. The van der Waals surface area contributed by atoms with Gasteiger partial charge in [-0.15, -0.1) is 0 Å². The van der Waals surface area contributed by atoms with Crippen molar-refractivity contribution >= 4 is 23.4 Å². The van der Waals surface area contributed by atoms with Gasteiger partial charge in [0.25, 0.3) is 5.91 Å². The molecule has 0 unspecified atom stereocenters. The number of fused-ring (bicyclic) bond motifs is 2. The van der Waals surface area contributed by atoms with Crippen LogP contribution in [0.15, 0.2) is 23.9 Å². The summed E-state index contributed by atoms with van der Waals surface area (Å²) in [5.74, 6) is -2.93. The molecule has 1 spiro atoms. The van der Waals surface area contributed by atoms with Crippen LogP contribution in [0.3, 0.4) is 0 Å². The van der Waals surface area contributed by atoms with E-state index in [1.165, 1.54) is 6.92 Å². The first kappa shape index (κ1) is 13.4. The molecular weight excluding hydrogens is 276 g/mol. The topological polar surface area (TPSA) is 109 Å². The minimum atomic E-state index is -1.21. The van der Waals surface area contributed by atoms with Gasteiger partial charge in [-0.25, -0.2) is 0 Å². The average molecular weight is 290 g/mol. The molecule has 1 saturated carbocycles. The molecule has 2 aliphatic rings. The smallest absolute Gasteiger partial charge is 0.325 e. The summed E-state index contributed by atoms with van der Waals surface area (Å²) in [6.45, 7) is 1.29. The van der Waals surface area contributed by atoms with Crippen LogP contribution in [0.2, 0.25) is 0 Å². The summed E-state index contributed by atoms with van der Waals surface area (Å²) in [7, 11) is 0. The van der Waals surface area contributed by atoms with Crippen LogP contribution in [-0.4, -0.2) is 38.5 Å². The first-order valence-corrected chi connectivity index (χ1v) is 6.58. The predicted octanol–water partition coefficient (Wildman–Crippen LogP) is 0.418. The Labute approximate surface area is 119 Å². The molecule has 21 heavy (non-hydrogen) atoms. The fourth-order valence-corrected chi connectivity index (χ4v) is 2.65. The number of carbonyl (C=O) groups excluding carboxylic acids is 2. The van der Waals surface area contributed by atoms with Gasteiger partial charge in [-0.2, -0.15) is 0 Å². The van der Waals surface area contributed by atoms with Crippen molar-refractivity contribution in [3.63, 3.8) is 0 Å². The molecular formula is C14H14N2O5. The normalized spacial score (nSPS) is 20.1. The van der Waals surface area contributed by atoms with Crippen LogP contribution in [0.4, 0.5) is 0 Å². The number of carboxylic acids is 1. The molecule has 1 aliphatic heterocycles. The molecule has 1 aromatic heterocycles. The van der Waals surface area contributed by atoms with Crippen LogP contribution in [0, 0.1) is 0 Å². The molecule has 0 bridgehead atoms. The first-order chi connectivity index (χ1) is 9.88. The quantitative estimate of drug-likeness (QED) is 0.699. The number of aliphatic hydroxyl groups is 1. The molecule has 0 aromatic carbocycles. The second kappa shape index (κ2) is 4.21. The lowest BCUT2D eigenvalue weighted by atomic mass is 9.94. The van der Waals surface area contributed by atoms with E-state index in [1.54, 1.807) is 22.9 Å². The molecule has 7 nitrogen and oxygen atoms in total. The van der Waals surface area contributed by atoms with Crippen molar-refractivity contribution in [2.24, 2.45) is 0 Å². The second-order valence-electron chi connectivity index (χ2n) is 5.38. The number of hydrogen-bond acceptors (Lipinski definition) is 4. The zero-order valence-corrected chi connectivity index (χ0v) is 11.3. The number of nitrogens with one attached hydrogen (secondary N) is 1. The minimum absolute atomic E-state index is 0.355. The fraction of sp³-hybridized carbons (Fsp3) is 0.357. The van der Waals surface area contributed by atoms with Crippen molar-refractivity contribution in [2.45, 2.75) is 31.3 Å². The molecule has 1 amide bonds. The average Bonchev–Trinajstić information content (AvgIpc) is 3.06. The van der Waals surface area contributed by atoms with E-state index in [4.69, 9.17) is 5.11 Å². The molecule has 3 N–H and O–H groups in total. The highest BCUT2D eigenvalue weighted by molar-refractivity contribution is 6.27. The van der Waals surface area contributed by atoms with Crippen LogP contribution in [0.25, 0.3) is 5.76 Å². The van der Waals surface area contributed by atoms with Crippen LogP contribution in [0.5, 0.6) is 0 Å². The Bertz CT molecular complexity index is 696. The number of nitrogens with zero attached hydrogens (tertiary/aromatic N) is 1. The summed E-state index contributed by atoms with van der Waals surface area (Å²) in [6, 6.07) is 2.17. The number of aliphatic hydroxyl groups excluding tert-OH is 1. The molecule has 110 valence electrons. The van der Waals surface area contributed by atoms with Crippen LogP contribution < -0.4 is 5.32 Å². The first-order valence-electron chi connectivity index (χ1n) is 6.58. The van der Waals surface area contributed by atoms with Crippen molar-refractivity contribution in [2.75, 3.05) is 0 Å². The highest BCUT2D eigenvalue weighted by Gasteiger charge is 2.57. The predicted molar refractivity (Wildman–Crippen MR) is 71.4 cm³/mol. The maximum Gasteiger partial charge on any atom is 0.325 e. The molecule has 1 fully saturated rings. The van der Waals surface area contributed by atoms with E-state index < -0.39 is 35.0 Å². The lowest BCUT2D eigenvalue weighted by molar-refractivity contribution is -0.141. The van der Waals surface area contributed by atoms with Gasteiger partial charge in [0, 0.05) is 6.20 Å². The van der Waals surface area contributed by atoms with Gasteiger partial charge in [0.1, 0.15) is 17.2 Å². The molecule has 1 aromatic rings. The Morgan fingerprint density at radius 3 is 2.67 bits per heavy atom. The molecule has 2 heterocycles. The number of hydrogen-bond donors (Lipinski definition) is 3. The van der Waals surface area contributed by atoms with Crippen LogP contribution in [0.1, 0.15) is 25.5 Å². The van der Waals surface area contributed by atoms with Crippen molar-refractivity contribution in [3.8, 4) is 0 Å². The molecule has 7 heteroatoms. The number of aromatic nitrogens is 1. The lowest BCUT2D eigenvalue weighted by Crippen LogP contribution is -2.44. The number of rotatable bonds is 3. The maximum atomic E-state index is 12.5. The van der Waals surface area contributed by atoms with Crippen molar-refractivity contribution < 1.29 is 24.6 Å². The van der Waals surface area contributed by atoms with E-state index in [9.17, 15) is 19.5 Å². The van der Waals surface area contributed by atoms with E-state index in [-0.39, 0.29) is 5.57 Å². The molecule has 1 atom stereocenters. The lowest BCUT2D eigenvalue weighted by Gasteiger charge is -2.26. The molecule has 3 rings (SSSR count). The van der Waals surface area contributed by atoms with Gasteiger partial charge < -0.3 is 20.1 Å². The van der Waals surface area contributed by atoms with Gasteiger partial charge in [-0.05, 0) is 31.9 Å². The number of amides is 1. The van der Waals surface area contributed by atoms with Gasteiger partial charge in [-0.1, -0.05) is 0 Å². The standard InChI is InChI=1S/C14H14N2O5/c1-7(13(20)21)15-12(19)9-10(17)8-3-2-6-16(8)14(4-5-14)11(9)18/h2-3,6-7,17H,4-5H2,1H3,(H,15,19)(H,20,21)/t7-/m1/s1. The highest BCUT2D eigenvalue weighted by atomic mass is 16.4. The van der Waals surface area contributed by atoms with E-state index in [0.717, 1.165) is 0 Å². The minimum Gasteiger partial charge on any atom is -0.505 e. The van der Waals surface area contributed by atoms with Crippen LogP contribution in [-0.2, 0) is 19.9 Å². The van der Waals surface area contributed by atoms with E-state index in [1.807, 2.05) is 0 Å². The van der Waals surface area contributed by atoms with Gasteiger partial charge in [-0.3, -0.25) is 14.4 Å². The number of carboxylic acid groups (broad SMARTS) is 1. The van der Waals surface area contributed by atoms with E-state index in [0.29, 0.717) is 18.5 Å². The number of aliphatic carboxylic acids is 1. The second-order valence-corrected chi connectivity index (χ2v) is 5.38. The summed E-state index contributed by atoms with van der Waals surface area (Å²) < 4.78 is 1.68. The Morgan fingerprint density at radius 2 is 2.10 bits per heavy atom. The largest absolute Gasteiger partial charge is 0.505 e. The molecule has 0 radical (unpaired) electrons. The number of Topliss-reactive ketones (excluding diaryl/α,β-unsaturated/α-hetero) is 1. The van der Waals surface area contributed by atoms with E-state index in [2.05, 4.69) is 5.32 Å². The summed E-state index contributed by atoms with van der Waals surface area (Å²) in [4.78, 5) is 35.5. The number of ketones is 1. The fourth-order valence-electron chi connectivity index (χ4n) is 2.65. The summed E-state index contributed by atoms with van der Waals surface area (Å²) in [5, 5.41) is 21.2. The van der Waals surface area contributed by atoms with Gasteiger partial charge in [0.2, 0.25) is 0 Å². The van der Waals surface area contributed by atoms with Gasteiger partial charge in [0.15, 0.2) is 11.5 Å². The Hall–Kier alpha value is -2.57. The van der Waals surface area contributed by atoms with E-state index >= 15 is 0 Å². The number of carbonyl (C=O) groups is 3. The zero-order chi connectivity index (χ0) is 15.4. The van der Waals surface area contributed by atoms with Crippen molar-refractivity contribution in [3.05, 3.63) is 29.6 Å². The Morgan fingerprint density at radius 1 is 1.43 bits per heavy atom. The summed E-state index contributed by atoms with van der Waals surface area (Å²) in [5.41, 5.74) is -0.739. The zero-order valence-electron chi connectivity index (χ0n) is 11.3. The Kier molecular flexibility index (Phi) is 2.69. The monoisotopic (exact) mass is 290 g/mol. The van der Waals surface area contributed by atoms with Crippen molar-refractivity contribution in [1.29, 1.82) is 0 Å². The third-order valence-corrected chi connectivity index (χ3v) is 4.01. The maximum absolute atomic E-state index is 12.5. The molecule has 1 aliphatic carbocycles.